The zero-order chi connectivity index (χ0) is 15.2. The Balaban J connectivity index is 2.23. The molecule has 3 nitrogen and oxygen atoms in total. The molecule has 0 radical (unpaired) electrons. The molecule has 21 heavy (non-hydrogen) atoms. The van der Waals surface area contributed by atoms with Crippen molar-refractivity contribution >= 4 is 5.69 Å². The third kappa shape index (κ3) is 2.09. The molecule has 0 aliphatic heterocycles. The molecule has 1 aliphatic rings. The van der Waals surface area contributed by atoms with E-state index in [0.717, 1.165) is 45.7 Å². The molecule has 110 valence electrons. The van der Waals surface area contributed by atoms with E-state index >= 15 is 0 Å². The SMILES string of the molecule is COc1cc(C)cc(C)c1C1(O)CCc2cc(N)ccc21. The molecule has 3 rings (SSSR count). The molecule has 3 heteroatoms. The third-order valence-corrected chi connectivity index (χ3v) is 4.41. The first kappa shape index (κ1) is 14.0. The Kier molecular flexibility index (Phi) is 3.18. The summed E-state index contributed by atoms with van der Waals surface area (Å²) >= 11 is 0. The molecule has 0 heterocycles. The van der Waals surface area contributed by atoms with Gasteiger partial charge in [-0.25, -0.2) is 0 Å². The quantitative estimate of drug-likeness (QED) is 0.833. The Morgan fingerprint density at radius 1 is 1.19 bits per heavy atom. The maximum atomic E-state index is 11.4. The van der Waals surface area contributed by atoms with Crippen molar-refractivity contribution in [3.63, 3.8) is 0 Å². The van der Waals surface area contributed by atoms with Crippen LogP contribution in [0, 0.1) is 13.8 Å². The average molecular weight is 283 g/mol. The highest BCUT2D eigenvalue weighted by molar-refractivity contribution is 5.57. The van der Waals surface area contributed by atoms with Gasteiger partial charge in [-0.3, -0.25) is 0 Å². The van der Waals surface area contributed by atoms with E-state index in [1.54, 1.807) is 7.11 Å². The first-order valence-corrected chi connectivity index (χ1v) is 7.22. The molecule has 0 spiro atoms. The number of benzene rings is 2. The lowest BCUT2D eigenvalue weighted by Gasteiger charge is -2.29. The van der Waals surface area contributed by atoms with Crippen LogP contribution in [0.5, 0.6) is 5.75 Å². The molecular formula is C18H21NO2. The second-order valence-electron chi connectivity index (χ2n) is 5.94. The minimum absolute atomic E-state index is 0.659. The number of fused-ring (bicyclic) bond motifs is 1. The highest BCUT2D eigenvalue weighted by atomic mass is 16.5. The van der Waals surface area contributed by atoms with Crippen molar-refractivity contribution in [2.24, 2.45) is 0 Å². The topological polar surface area (TPSA) is 55.5 Å². The van der Waals surface area contributed by atoms with Gasteiger partial charge in [-0.1, -0.05) is 12.1 Å². The van der Waals surface area contributed by atoms with Crippen LogP contribution in [0.3, 0.4) is 0 Å². The van der Waals surface area contributed by atoms with Crippen molar-refractivity contribution in [3.8, 4) is 5.75 Å². The van der Waals surface area contributed by atoms with E-state index in [1.165, 1.54) is 0 Å². The maximum absolute atomic E-state index is 11.4. The smallest absolute Gasteiger partial charge is 0.125 e. The number of rotatable bonds is 2. The molecule has 0 amide bonds. The first-order chi connectivity index (χ1) is 9.95. The maximum Gasteiger partial charge on any atom is 0.125 e. The van der Waals surface area contributed by atoms with Gasteiger partial charge in [0, 0.05) is 11.3 Å². The van der Waals surface area contributed by atoms with E-state index in [4.69, 9.17) is 10.5 Å². The van der Waals surface area contributed by atoms with Crippen LogP contribution in [0.25, 0.3) is 0 Å². The van der Waals surface area contributed by atoms with Crippen LogP contribution < -0.4 is 10.5 Å². The largest absolute Gasteiger partial charge is 0.496 e. The molecule has 0 aromatic heterocycles. The van der Waals surface area contributed by atoms with Gasteiger partial charge in [0.05, 0.1) is 7.11 Å². The molecule has 3 N–H and O–H groups in total. The summed E-state index contributed by atoms with van der Waals surface area (Å²) in [5.74, 6) is 0.750. The zero-order valence-electron chi connectivity index (χ0n) is 12.7. The van der Waals surface area contributed by atoms with Gasteiger partial charge >= 0.3 is 0 Å². The molecule has 0 saturated heterocycles. The lowest BCUT2D eigenvalue weighted by atomic mass is 9.84. The van der Waals surface area contributed by atoms with Gasteiger partial charge in [-0.15, -0.1) is 0 Å². The van der Waals surface area contributed by atoms with Crippen LogP contribution in [0.15, 0.2) is 30.3 Å². The molecular weight excluding hydrogens is 262 g/mol. The normalized spacial score (nSPS) is 20.4. The van der Waals surface area contributed by atoms with E-state index in [9.17, 15) is 5.11 Å². The van der Waals surface area contributed by atoms with E-state index < -0.39 is 5.60 Å². The summed E-state index contributed by atoms with van der Waals surface area (Å²) in [5.41, 5.74) is 10.7. The van der Waals surface area contributed by atoms with Crippen molar-refractivity contribution in [2.45, 2.75) is 32.3 Å². The van der Waals surface area contributed by atoms with Gasteiger partial charge < -0.3 is 15.6 Å². The molecule has 1 atom stereocenters. The summed E-state index contributed by atoms with van der Waals surface area (Å²) < 4.78 is 5.54. The van der Waals surface area contributed by atoms with E-state index in [-0.39, 0.29) is 0 Å². The number of hydrogen-bond acceptors (Lipinski definition) is 3. The minimum Gasteiger partial charge on any atom is -0.496 e. The van der Waals surface area contributed by atoms with Crippen LogP contribution in [0.4, 0.5) is 5.69 Å². The number of aliphatic hydroxyl groups is 1. The second kappa shape index (κ2) is 4.78. The summed E-state index contributed by atoms with van der Waals surface area (Å²) in [5, 5.41) is 11.4. The van der Waals surface area contributed by atoms with E-state index in [0.29, 0.717) is 6.42 Å². The lowest BCUT2D eigenvalue weighted by Crippen LogP contribution is -2.26. The standard InChI is InChI=1S/C18H21NO2/c1-11-8-12(2)17(16(9-11)21-3)18(20)7-6-13-10-14(19)4-5-15(13)18/h4-5,8-10,20H,6-7,19H2,1-3H3. The monoisotopic (exact) mass is 283 g/mol. The van der Waals surface area contributed by atoms with Crippen LogP contribution in [-0.2, 0) is 12.0 Å². The van der Waals surface area contributed by atoms with Crippen molar-refractivity contribution in [3.05, 3.63) is 58.1 Å². The van der Waals surface area contributed by atoms with Crippen LogP contribution in [-0.4, -0.2) is 12.2 Å². The van der Waals surface area contributed by atoms with Crippen LogP contribution in [0.1, 0.15) is 34.2 Å². The average Bonchev–Trinajstić information content (AvgIpc) is 2.75. The third-order valence-electron chi connectivity index (χ3n) is 4.41. The number of nitrogens with two attached hydrogens (primary N) is 1. The van der Waals surface area contributed by atoms with Crippen molar-refractivity contribution in [1.82, 2.24) is 0 Å². The number of nitrogen functional groups attached to an aromatic ring is 1. The molecule has 1 aliphatic carbocycles. The second-order valence-corrected chi connectivity index (χ2v) is 5.94. The van der Waals surface area contributed by atoms with Gasteiger partial charge in [0.25, 0.3) is 0 Å². The number of ether oxygens (including phenoxy) is 1. The number of hydrogen-bond donors (Lipinski definition) is 2. The number of anilines is 1. The molecule has 2 aromatic carbocycles. The summed E-state index contributed by atoms with van der Waals surface area (Å²) in [6.07, 6.45) is 1.49. The van der Waals surface area contributed by atoms with E-state index in [1.807, 2.05) is 38.1 Å². The first-order valence-electron chi connectivity index (χ1n) is 7.22. The van der Waals surface area contributed by atoms with Crippen LogP contribution >= 0.6 is 0 Å². The Bertz CT molecular complexity index is 709. The van der Waals surface area contributed by atoms with Crippen molar-refractivity contribution in [1.29, 1.82) is 0 Å². The number of aryl methyl sites for hydroxylation is 3. The Labute approximate surface area is 125 Å². The fraction of sp³-hybridized carbons (Fsp3) is 0.333. The Morgan fingerprint density at radius 3 is 2.67 bits per heavy atom. The van der Waals surface area contributed by atoms with Crippen molar-refractivity contribution in [2.75, 3.05) is 12.8 Å². The lowest BCUT2D eigenvalue weighted by molar-refractivity contribution is 0.0793. The summed E-state index contributed by atoms with van der Waals surface area (Å²) in [6, 6.07) is 9.82. The highest BCUT2D eigenvalue weighted by Gasteiger charge is 2.41. The molecule has 0 saturated carbocycles. The highest BCUT2D eigenvalue weighted by Crippen LogP contribution is 2.47. The fourth-order valence-electron chi connectivity index (χ4n) is 3.55. The zero-order valence-corrected chi connectivity index (χ0v) is 12.7. The number of methoxy groups -OCH3 is 1. The van der Waals surface area contributed by atoms with Crippen molar-refractivity contribution < 1.29 is 9.84 Å². The fourth-order valence-corrected chi connectivity index (χ4v) is 3.55. The van der Waals surface area contributed by atoms with Gasteiger partial charge in [0.2, 0.25) is 0 Å². The molecule has 2 aromatic rings. The van der Waals surface area contributed by atoms with Gasteiger partial charge in [-0.05, 0) is 67.1 Å². The Morgan fingerprint density at radius 2 is 1.95 bits per heavy atom. The van der Waals surface area contributed by atoms with Gasteiger partial charge in [0.1, 0.15) is 11.4 Å². The summed E-state index contributed by atoms with van der Waals surface area (Å²) in [7, 11) is 1.65. The molecule has 0 fully saturated rings. The van der Waals surface area contributed by atoms with Crippen LogP contribution in [0.2, 0.25) is 0 Å². The predicted octanol–water partition coefficient (Wildman–Crippen LogP) is 3.08. The molecule has 1 unspecified atom stereocenters. The van der Waals surface area contributed by atoms with Gasteiger partial charge in [0.15, 0.2) is 0 Å². The van der Waals surface area contributed by atoms with E-state index in [2.05, 4.69) is 6.07 Å². The predicted molar refractivity (Wildman–Crippen MR) is 84.6 cm³/mol. The minimum atomic E-state index is -0.994. The van der Waals surface area contributed by atoms with Gasteiger partial charge in [-0.2, -0.15) is 0 Å². The summed E-state index contributed by atoms with van der Waals surface area (Å²) in [6.45, 7) is 4.06. The summed E-state index contributed by atoms with van der Waals surface area (Å²) in [4.78, 5) is 0. The molecule has 0 bridgehead atoms. The Hall–Kier alpha value is -2.00.